The molecule has 0 amide bonds. The topological polar surface area (TPSA) is 37.8 Å². The molecule has 0 aliphatic rings. The molecule has 2 aromatic rings. The van der Waals surface area contributed by atoms with Crippen molar-refractivity contribution in [3.05, 3.63) is 29.5 Å². The molecular formula is C11H12FN3S. The maximum atomic E-state index is 12.7. The first kappa shape index (κ1) is 11.0. The van der Waals surface area contributed by atoms with Crippen molar-refractivity contribution >= 4 is 16.5 Å². The van der Waals surface area contributed by atoms with E-state index in [1.54, 1.807) is 6.07 Å². The molecule has 2 aromatic heterocycles. The highest BCUT2D eigenvalue weighted by molar-refractivity contribution is 7.14. The number of hydrogen-bond acceptors (Lipinski definition) is 4. The molecule has 1 N–H and O–H groups in total. The van der Waals surface area contributed by atoms with Gasteiger partial charge in [-0.05, 0) is 26.0 Å². The largest absolute Gasteiger partial charge is 0.359 e. The number of nitrogens with one attached hydrogen (secondary N) is 1. The second-order valence-corrected chi connectivity index (χ2v) is 4.56. The third-order valence-corrected chi connectivity index (χ3v) is 2.68. The van der Waals surface area contributed by atoms with E-state index in [0.717, 1.165) is 10.8 Å². The van der Waals surface area contributed by atoms with E-state index < -0.39 is 0 Å². The van der Waals surface area contributed by atoms with Crippen LogP contribution in [-0.2, 0) is 0 Å². The van der Waals surface area contributed by atoms with Crippen molar-refractivity contribution in [3.63, 3.8) is 0 Å². The molecule has 16 heavy (non-hydrogen) atoms. The van der Waals surface area contributed by atoms with Crippen LogP contribution in [0.15, 0.2) is 23.7 Å². The van der Waals surface area contributed by atoms with Crippen molar-refractivity contribution in [2.75, 3.05) is 5.32 Å². The smallest absolute Gasteiger partial charge is 0.183 e. The fourth-order valence-corrected chi connectivity index (χ4v) is 2.08. The predicted octanol–water partition coefficient (Wildman–Crippen LogP) is 3.16. The van der Waals surface area contributed by atoms with Gasteiger partial charge < -0.3 is 5.32 Å². The molecule has 3 nitrogen and oxygen atoms in total. The van der Waals surface area contributed by atoms with Crippen LogP contribution >= 0.6 is 11.3 Å². The number of aromatic nitrogens is 2. The molecular weight excluding hydrogens is 225 g/mol. The summed E-state index contributed by atoms with van der Waals surface area (Å²) in [5, 5.41) is 5.98. The van der Waals surface area contributed by atoms with Gasteiger partial charge in [-0.1, -0.05) is 0 Å². The van der Waals surface area contributed by atoms with Gasteiger partial charge in [-0.3, -0.25) is 4.98 Å². The van der Waals surface area contributed by atoms with Gasteiger partial charge in [-0.2, -0.15) is 0 Å². The number of hydrogen-bond donors (Lipinski definition) is 1. The molecule has 2 rings (SSSR count). The lowest BCUT2D eigenvalue weighted by molar-refractivity contribution is 0.622. The van der Waals surface area contributed by atoms with E-state index in [2.05, 4.69) is 29.1 Å². The Morgan fingerprint density at radius 2 is 2.12 bits per heavy atom. The Labute approximate surface area is 97.4 Å². The molecule has 2 heterocycles. The Kier molecular flexibility index (Phi) is 3.14. The molecule has 0 fully saturated rings. The number of anilines is 1. The molecule has 0 aromatic carbocycles. The first-order valence-corrected chi connectivity index (χ1v) is 5.87. The highest BCUT2D eigenvalue weighted by atomic mass is 32.1. The van der Waals surface area contributed by atoms with Crippen molar-refractivity contribution in [2.45, 2.75) is 19.9 Å². The van der Waals surface area contributed by atoms with E-state index in [1.165, 1.54) is 23.6 Å². The van der Waals surface area contributed by atoms with Crippen LogP contribution in [0.2, 0.25) is 0 Å². The third-order valence-electron chi connectivity index (χ3n) is 1.91. The SMILES string of the molecule is CC(C)Nc1nc(-c2ccc(F)cn2)cs1. The quantitative estimate of drug-likeness (QED) is 0.891. The first-order valence-electron chi connectivity index (χ1n) is 4.99. The van der Waals surface area contributed by atoms with Gasteiger partial charge in [0.15, 0.2) is 5.13 Å². The molecule has 0 atom stereocenters. The van der Waals surface area contributed by atoms with E-state index in [4.69, 9.17) is 0 Å². The van der Waals surface area contributed by atoms with Crippen LogP contribution in [0.1, 0.15) is 13.8 Å². The fourth-order valence-electron chi connectivity index (χ4n) is 1.23. The van der Waals surface area contributed by atoms with Crippen LogP contribution in [0.5, 0.6) is 0 Å². The lowest BCUT2D eigenvalue weighted by Gasteiger charge is -2.04. The van der Waals surface area contributed by atoms with Gasteiger partial charge in [0.2, 0.25) is 0 Å². The molecule has 0 spiro atoms. The first-order chi connectivity index (χ1) is 7.65. The maximum Gasteiger partial charge on any atom is 0.183 e. The average Bonchev–Trinajstić information content (AvgIpc) is 2.66. The van der Waals surface area contributed by atoms with Crippen LogP contribution in [0.3, 0.4) is 0 Å². The lowest BCUT2D eigenvalue weighted by atomic mass is 10.3. The van der Waals surface area contributed by atoms with Crippen LogP contribution < -0.4 is 5.32 Å². The molecule has 0 unspecified atom stereocenters. The number of pyridine rings is 1. The molecule has 84 valence electrons. The lowest BCUT2D eigenvalue weighted by Crippen LogP contribution is -2.09. The zero-order valence-corrected chi connectivity index (χ0v) is 9.88. The monoisotopic (exact) mass is 237 g/mol. The van der Waals surface area contributed by atoms with Crippen molar-refractivity contribution in [1.82, 2.24) is 9.97 Å². The zero-order valence-electron chi connectivity index (χ0n) is 9.07. The van der Waals surface area contributed by atoms with Crippen molar-refractivity contribution in [1.29, 1.82) is 0 Å². The Morgan fingerprint density at radius 1 is 1.31 bits per heavy atom. The van der Waals surface area contributed by atoms with E-state index >= 15 is 0 Å². The normalized spacial score (nSPS) is 10.8. The Balaban J connectivity index is 2.21. The number of nitrogens with zero attached hydrogens (tertiary/aromatic N) is 2. The molecule has 0 bridgehead atoms. The molecule has 0 aliphatic carbocycles. The summed E-state index contributed by atoms with van der Waals surface area (Å²) in [6.07, 6.45) is 1.20. The van der Waals surface area contributed by atoms with Gasteiger partial charge in [0.05, 0.1) is 11.9 Å². The second kappa shape index (κ2) is 4.57. The summed E-state index contributed by atoms with van der Waals surface area (Å²) in [6.45, 7) is 4.11. The van der Waals surface area contributed by atoms with Crippen LogP contribution in [0, 0.1) is 5.82 Å². The summed E-state index contributed by atoms with van der Waals surface area (Å²) in [5.41, 5.74) is 1.46. The van der Waals surface area contributed by atoms with Gasteiger partial charge in [-0.15, -0.1) is 11.3 Å². The number of halogens is 1. The number of rotatable bonds is 3. The van der Waals surface area contributed by atoms with Crippen molar-refractivity contribution in [2.24, 2.45) is 0 Å². The Hall–Kier alpha value is -1.49. The molecule has 0 radical (unpaired) electrons. The molecule has 0 saturated heterocycles. The maximum absolute atomic E-state index is 12.7. The summed E-state index contributed by atoms with van der Waals surface area (Å²) in [5.74, 6) is -0.334. The van der Waals surface area contributed by atoms with Crippen LogP contribution in [-0.4, -0.2) is 16.0 Å². The fraction of sp³-hybridized carbons (Fsp3) is 0.273. The van der Waals surface area contributed by atoms with E-state index in [1.807, 2.05) is 5.38 Å². The summed E-state index contributed by atoms with van der Waals surface area (Å²) in [4.78, 5) is 8.36. The van der Waals surface area contributed by atoms with Crippen LogP contribution in [0.25, 0.3) is 11.4 Å². The van der Waals surface area contributed by atoms with E-state index in [0.29, 0.717) is 11.7 Å². The summed E-state index contributed by atoms with van der Waals surface area (Å²) < 4.78 is 12.7. The zero-order chi connectivity index (χ0) is 11.5. The standard InChI is InChI=1S/C11H12FN3S/c1-7(2)14-11-15-10(6-16-11)9-4-3-8(12)5-13-9/h3-7H,1-2H3,(H,14,15). The molecule has 5 heteroatoms. The average molecular weight is 237 g/mol. The van der Waals surface area contributed by atoms with Gasteiger partial charge in [-0.25, -0.2) is 9.37 Å². The minimum Gasteiger partial charge on any atom is -0.359 e. The highest BCUT2D eigenvalue weighted by Gasteiger charge is 2.06. The summed E-state index contributed by atoms with van der Waals surface area (Å²) in [6, 6.07) is 3.36. The minimum absolute atomic E-state index is 0.334. The van der Waals surface area contributed by atoms with Crippen LogP contribution in [0.4, 0.5) is 9.52 Å². The number of thiazole rings is 1. The van der Waals surface area contributed by atoms with Gasteiger partial charge in [0.25, 0.3) is 0 Å². The second-order valence-electron chi connectivity index (χ2n) is 3.70. The Morgan fingerprint density at radius 3 is 2.75 bits per heavy atom. The summed E-state index contributed by atoms with van der Waals surface area (Å²) >= 11 is 1.52. The van der Waals surface area contributed by atoms with E-state index in [9.17, 15) is 4.39 Å². The predicted molar refractivity (Wildman–Crippen MR) is 64.1 cm³/mol. The van der Waals surface area contributed by atoms with Gasteiger partial charge in [0.1, 0.15) is 11.5 Å². The third kappa shape index (κ3) is 2.55. The molecule has 0 aliphatic heterocycles. The van der Waals surface area contributed by atoms with E-state index in [-0.39, 0.29) is 5.82 Å². The highest BCUT2D eigenvalue weighted by Crippen LogP contribution is 2.23. The van der Waals surface area contributed by atoms with Crippen molar-refractivity contribution in [3.8, 4) is 11.4 Å². The minimum atomic E-state index is -0.334. The molecule has 0 saturated carbocycles. The summed E-state index contributed by atoms with van der Waals surface area (Å²) in [7, 11) is 0. The van der Waals surface area contributed by atoms with Gasteiger partial charge >= 0.3 is 0 Å². The van der Waals surface area contributed by atoms with Gasteiger partial charge in [0, 0.05) is 11.4 Å². The van der Waals surface area contributed by atoms with Crippen molar-refractivity contribution < 1.29 is 4.39 Å². The Bertz CT molecular complexity index is 464.